The molecule has 1 rings (SSSR count). The number of anilines is 1. The molecule has 4 heteroatoms. The number of aryl methyl sites for hydroxylation is 1. The lowest BCUT2D eigenvalue weighted by molar-refractivity contribution is 0.0820. The number of carbonyl (C=O) groups is 1. The van der Waals surface area contributed by atoms with Crippen molar-refractivity contribution in [1.82, 2.24) is 5.32 Å². The molecule has 4 nitrogen and oxygen atoms in total. The maximum atomic E-state index is 12.4. The van der Waals surface area contributed by atoms with E-state index >= 15 is 0 Å². The Morgan fingerprint density at radius 3 is 2.63 bits per heavy atom. The maximum Gasteiger partial charge on any atom is 0.253 e. The van der Waals surface area contributed by atoms with Crippen molar-refractivity contribution in [3.8, 4) is 0 Å². The van der Waals surface area contributed by atoms with Crippen LogP contribution in [-0.4, -0.2) is 31.7 Å². The Morgan fingerprint density at radius 2 is 2.05 bits per heavy atom. The lowest BCUT2D eigenvalue weighted by Gasteiger charge is -2.26. The van der Waals surface area contributed by atoms with Gasteiger partial charge < -0.3 is 15.4 Å². The van der Waals surface area contributed by atoms with Crippen LogP contribution in [0, 0.1) is 6.92 Å². The molecule has 0 aliphatic heterocycles. The average molecular weight is 264 g/mol. The summed E-state index contributed by atoms with van der Waals surface area (Å²) in [4.78, 5) is 12.4. The van der Waals surface area contributed by atoms with Crippen molar-refractivity contribution < 1.29 is 9.53 Å². The van der Waals surface area contributed by atoms with E-state index in [9.17, 15) is 4.79 Å². The molecule has 2 N–H and O–H groups in total. The van der Waals surface area contributed by atoms with E-state index in [4.69, 9.17) is 4.74 Å². The predicted molar refractivity (Wildman–Crippen MR) is 78.8 cm³/mol. The third-order valence-electron chi connectivity index (χ3n) is 2.74. The number of rotatable bonds is 6. The standard InChI is InChI=1S/C15H24N2O2/c1-6-16-13-8-7-11(2)9-12(13)14(18)17-15(3,4)10-19-5/h7-9,16H,6,10H2,1-5H3,(H,17,18). The molecule has 0 atom stereocenters. The summed E-state index contributed by atoms with van der Waals surface area (Å²) in [5, 5.41) is 6.21. The molecule has 0 fully saturated rings. The van der Waals surface area contributed by atoms with Gasteiger partial charge in [-0.05, 0) is 39.8 Å². The Kier molecular flexibility index (Phi) is 5.36. The Balaban J connectivity index is 2.95. The van der Waals surface area contributed by atoms with E-state index in [2.05, 4.69) is 10.6 Å². The molecule has 1 amide bonds. The summed E-state index contributed by atoms with van der Waals surface area (Å²) < 4.78 is 5.11. The monoisotopic (exact) mass is 264 g/mol. The molecule has 0 aliphatic carbocycles. The van der Waals surface area contributed by atoms with Crippen molar-refractivity contribution in [2.75, 3.05) is 25.6 Å². The second-order valence-corrected chi connectivity index (χ2v) is 5.35. The van der Waals surface area contributed by atoms with Crippen LogP contribution in [0.3, 0.4) is 0 Å². The van der Waals surface area contributed by atoms with Gasteiger partial charge in [0.1, 0.15) is 0 Å². The summed E-state index contributed by atoms with van der Waals surface area (Å²) in [7, 11) is 1.63. The largest absolute Gasteiger partial charge is 0.385 e. The van der Waals surface area contributed by atoms with E-state index < -0.39 is 0 Å². The molecule has 106 valence electrons. The number of amides is 1. The Hall–Kier alpha value is -1.55. The molecule has 0 unspecified atom stereocenters. The number of hydrogen-bond donors (Lipinski definition) is 2. The van der Waals surface area contributed by atoms with Gasteiger partial charge in [-0.15, -0.1) is 0 Å². The van der Waals surface area contributed by atoms with Gasteiger partial charge in [-0.2, -0.15) is 0 Å². The van der Waals surface area contributed by atoms with Crippen LogP contribution in [0.4, 0.5) is 5.69 Å². The fraction of sp³-hybridized carbons (Fsp3) is 0.533. The molecule has 0 saturated carbocycles. The van der Waals surface area contributed by atoms with Gasteiger partial charge in [-0.3, -0.25) is 4.79 Å². The van der Waals surface area contributed by atoms with Crippen molar-refractivity contribution in [1.29, 1.82) is 0 Å². The Morgan fingerprint density at radius 1 is 1.37 bits per heavy atom. The average Bonchev–Trinajstić information content (AvgIpc) is 2.30. The van der Waals surface area contributed by atoms with E-state index in [1.54, 1.807) is 7.11 Å². The number of carbonyl (C=O) groups excluding carboxylic acids is 1. The van der Waals surface area contributed by atoms with Gasteiger partial charge in [0.25, 0.3) is 5.91 Å². The minimum Gasteiger partial charge on any atom is -0.385 e. The Bertz CT molecular complexity index is 442. The van der Waals surface area contributed by atoms with Gasteiger partial charge in [0, 0.05) is 19.3 Å². The van der Waals surface area contributed by atoms with Crippen LogP contribution in [0.5, 0.6) is 0 Å². The van der Waals surface area contributed by atoms with Gasteiger partial charge in [0.2, 0.25) is 0 Å². The number of benzene rings is 1. The van der Waals surface area contributed by atoms with Gasteiger partial charge in [0.15, 0.2) is 0 Å². The fourth-order valence-corrected chi connectivity index (χ4v) is 1.96. The van der Waals surface area contributed by atoms with E-state index in [0.717, 1.165) is 17.8 Å². The van der Waals surface area contributed by atoms with Gasteiger partial charge in [-0.1, -0.05) is 11.6 Å². The number of methoxy groups -OCH3 is 1. The molecule has 1 aromatic carbocycles. The fourth-order valence-electron chi connectivity index (χ4n) is 1.96. The Labute approximate surface area is 115 Å². The first-order valence-corrected chi connectivity index (χ1v) is 6.55. The summed E-state index contributed by atoms with van der Waals surface area (Å²) in [5.41, 5.74) is 2.21. The normalized spacial score (nSPS) is 11.2. The SMILES string of the molecule is CCNc1ccc(C)cc1C(=O)NC(C)(C)COC. The second kappa shape index (κ2) is 6.57. The van der Waals surface area contributed by atoms with Gasteiger partial charge >= 0.3 is 0 Å². The van der Waals surface area contributed by atoms with Crippen LogP contribution >= 0.6 is 0 Å². The van der Waals surface area contributed by atoms with Crippen LogP contribution < -0.4 is 10.6 Å². The first-order chi connectivity index (χ1) is 8.89. The first-order valence-electron chi connectivity index (χ1n) is 6.55. The lowest BCUT2D eigenvalue weighted by atomic mass is 10.0. The highest BCUT2D eigenvalue weighted by Gasteiger charge is 2.22. The zero-order valence-electron chi connectivity index (χ0n) is 12.5. The van der Waals surface area contributed by atoms with Gasteiger partial charge in [0.05, 0.1) is 17.7 Å². The lowest BCUT2D eigenvalue weighted by Crippen LogP contribution is -2.46. The summed E-state index contributed by atoms with van der Waals surface area (Å²) in [6, 6.07) is 5.84. The predicted octanol–water partition coefficient (Wildman–Crippen LogP) is 2.58. The molecule has 1 aromatic rings. The van der Waals surface area contributed by atoms with E-state index in [1.807, 2.05) is 45.9 Å². The van der Waals surface area contributed by atoms with Crippen LogP contribution in [0.2, 0.25) is 0 Å². The molecule has 19 heavy (non-hydrogen) atoms. The number of hydrogen-bond acceptors (Lipinski definition) is 3. The minimum atomic E-state index is -0.390. The van der Waals surface area contributed by atoms with Crippen molar-refractivity contribution in [3.05, 3.63) is 29.3 Å². The highest BCUT2D eigenvalue weighted by Crippen LogP contribution is 2.18. The molecule has 0 bridgehead atoms. The third kappa shape index (κ3) is 4.56. The van der Waals surface area contributed by atoms with Crippen molar-refractivity contribution in [3.63, 3.8) is 0 Å². The molecule has 0 spiro atoms. The summed E-state index contributed by atoms with van der Waals surface area (Å²) in [6.07, 6.45) is 0. The van der Waals surface area contributed by atoms with Gasteiger partial charge in [-0.25, -0.2) is 0 Å². The minimum absolute atomic E-state index is 0.0818. The topological polar surface area (TPSA) is 50.4 Å². The zero-order valence-corrected chi connectivity index (χ0v) is 12.5. The van der Waals surface area contributed by atoms with E-state index in [0.29, 0.717) is 12.2 Å². The summed E-state index contributed by atoms with van der Waals surface area (Å²) in [6.45, 7) is 9.13. The van der Waals surface area contributed by atoms with Crippen molar-refractivity contribution >= 4 is 11.6 Å². The molecule has 0 heterocycles. The van der Waals surface area contributed by atoms with Crippen LogP contribution in [-0.2, 0) is 4.74 Å². The van der Waals surface area contributed by atoms with E-state index in [-0.39, 0.29) is 11.4 Å². The molecule has 0 aliphatic rings. The van der Waals surface area contributed by atoms with Crippen LogP contribution in [0.1, 0.15) is 36.7 Å². The van der Waals surface area contributed by atoms with Crippen molar-refractivity contribution in [2.45, 2.75) is 33.2 Å². The molecular weight excluding hydrogens is 240 g/mol. The third-order valence-corrected chi connectivity index (χ3v) is 2.74. The smallest absolute Gasteiger partial charge is 0.253 e. The van der Waals surface area contributed by atoms with Crippen LogP contribution in [0.25, 0.3) is 0 Å². The van der Waals surface area contributed by atoms with E-state index in [1.165, 1.54) is 0 Å². The quantitative estimate of drug-likeness (QED) is 0.830. The first kappa shape index (κ1) is 15.5. The number of ether oxygens (including phenoxy) is 1. The second-order valence-electron chi connectivity index (χ2n) is 5.35. The highest BCUT2D eigenvalue weighted by atomic mass is 16.5. The molecule has 0 saturated heterocycles. The zero-order chi connectivity index (χ0) is 14.5. The molecule has 0 aromatic heterocycles. The summed E-state index contributed by atoms with van der Waals surface area (Å²) in [5.74, 6) is -0.0818. The molecule has 0 radical (unpaired) electrons. The summed E-state index contributed by atoms with van der Waals surface area (Å²) >= 11 is 0. The van der Waals surface area contributed by atoms with Crippen molar-refractivity contribution in [2.24, 2.45) is 0 Å². The maximum absolute atomic E-state index is 12.4. The van der Waals surface area contributed by atoms with Crippen LogP contribution in [0.15, 0.2) is 18.2 Å². The molecular formula is C15H24N2O2. The number of nitrogens with one attached hydrogen (secondary N) is 2. The highest BCUT2D eigenvalue weighted by molar-refractivity contribution is 6.00.